The van der Waals surface area contributed by atoms with E-state index in [-0.39, 0.29) is 56.6 Å². The summed E-state index contributed by atoms with van der Waals surface area (Å²) in [5, 5.41) is 28.2. The van der Waals surface area contributed by atoms with Gasteiger partial charge in [-0.1, -0.05) is 117 Å². The van der Waals surface area contributed by atoms with Gasteiger partial charge in [0, 0.05) is 37.8 Å². The number of aliphatic carboxylic acids is 2. The minimum atomic E-state index is -1.31. The van der Waals surface area contributed by atoms with Gasteiger partial charge in [0.25, 0.3) is 0 Å². The Hall–Kier alpha value is -8.12. The van der Waals surface area contributed by atoms with E-state index in [0.29, 0.717) is 52.3 Å². The Morgan fingerprint density at radius 2 is 0.932 bits per heavy atom. The highest BCUT2D eigenvalue weighted by atomic mass is 16.6. The molecule has 2 unspecified atom stereocenters. The van der Waals surface area contributed by atoms with E-state index < -0.39 is 42.1 Å². The number of nitrogens with one attached hydrogen (secondary N) is 4. The molecule has 2 atom stereocenters. The maximum Gasteiger partial charge on any atom is 0.407 e. The summed E-state index contributed by atoms with van der Waals surface area (Å²) in [6, 6.07) is 29.6. The maximum absolute atomic E-state index is 12.8. The average Bonchev–Trinajstić information content (AvgIpc) is 3.89. The number of fused-ring (bicyclic) bond motifs is 6. The van der Waals surface area contributed by atoms with Crippen LogP contribution in [-0.2, 0) is 42.9 Å². The normalized spacial score (nSPS) is 12.3. The highest BCUT2D eigenvalue weighted by Gasteiger charge is 2.31. The van der Waals surface area contributed by atoms with E-state index in [4.69, 9.17) is 39.6 Å². The summed E-state index contributed by atoms with van der Waals surface area (Å²) in [6.45, 7) is 13.5. The third-order valence-electron chi connectivity index (χ3n) is 11.5. The zero-order valence-electron chi connectivity index (χ0n) is 41.0. The Balaban J connectivity index is 0.000000293. The van der Waals surface area contributed by atoms with Crippen molar-refractivity contribution in [3.8, 4) is 22.3 Å². The van der Waals surface area contributed by atoms with Gasteiger partial charge in [-0.2, -0.15) is 0 Å². The van der Waals surface area contributed by atoms with Gasteiger partial charge in [-0.25, -0.2) is 14.4 Å². The lowest BCUT2D eigenvalue weighted by atomic mass is 9.98. The summed E-state index contributed by atoms with van der Waals surface area (Å²) in [5.74, 6) is -3.28. The summed E-state index contributed by atoms with van der Waals surface area (Å²) < 4.78 is 25.7. The van der Waals surface area contributed by atoms with Gasteiger partial charge < -0.3 is 60.9 Å². The number of benzene rings is 4. The van der Waals surface area contributed by atoms with Crippen LogP contribution < -0.4 is 27.0 Å². The molecule has 0 bridgehead atoms. The molecule has 8 N–H and O–H groups in total. The molecule has 18 heteroatoms. The zero-order chi connectivity index (χ0) is 52.8. The lowest BCUT2D eigenvalue weighted by Gasteiger charge is -2.20. The Labute approximate surface area is 426 Å². The summed E-state index contributed by atoms with van der Waals surface area (Å²) in [5.41, 5.74) is 13.9. The quantitative estimate of drug-likeness (QED) is 0.0217. The number of carbonyl (C=O) groups excluding carboxylic acids is 4. The Morgan fingerprint density at radius 3 is 1.33 bits per heavy atom. The van der Waals surface area contributed by atoms with Crippen LogP contribution in [0.5, 0.6) is 0 Å². The topological polar surface area (TPSA) is 263 Å². The van der Waals surface area contributed by atoms with E-state index >= 15 is 0 Å². The Bertz CT molecular complexity index is 2370. The molecule has 6 rings (SSSR count). The first-order valence-electron chi connectivity index (χ1n) is 24.0. The molecule has 2 aliphatic carbocycles. The van der Waals surface area contributed by atoms with Crippen molar-refractivity contribution in [3.05, 3.63) is 158 Å². The highest BCUT2D eigenvalue weighted by Crippen LogP contribution is 2.45. The molecule has 4 aromatic rings. The fraction of sp³-hybridized carbons (Fsp3) is 0.345. The first-order chi connectivity index (χ1) is 35.4. The lowest BCUT2D eigenvalue weighted by molar-refractivity contribution is -0.140. The third-order valence-corrected chi connectivity index (χ3v) is 11.5. The molecule has 0 saturated carbocycles. The molecule has 0 radical (unpaired) electrons. The van der Waals surface area contributed by atoms with Crippen LogP contribution in [0.15, 0.2) is 136 Å². The van der Waals surface area contributed by atoms with E-state index in [0.717, 1.165) is 50.9 Å². The van der Waals surface area contributed by atoms with Crippen molar-refractivity contribution in [2.75, 3.05) is 52.7 Å². The van der Waals surface area contributed by atoms with Crippen LogP contribution >= 0.6 is 0 Å². The number of carbonyl (C=O) groups is 6. The van der Waals surface area contributed by atoms with E-state index in [1.807, 2.05) is 84.9 Å². The van der Waals surface area contributed by atoms with Gasteiger partial charge >= 0.3 is 24.1 Å². The molecule has 73 heavy (non-hydrogen) atoms. The predicted molar refractivity (Wildman–Crippen MR) is 275 cm³/mol. The second kappa shape index (κ2) is 32.0. The fourth-order valence-corrected chi connectivity index (χ4v) is 8.01. The lowest BCUT2D eigenvalue weighted by Crippen LogP contribution is -2.48. The van der Waals surface area contributed by atoms with Crippen molar-refractivity contribution in [3.63, 3.8) is 0 Å². The fourth-order valence-electron chi connectivity index (χ4n) is 8.01. The summed E-state index contributed by atoms with van der Waals surface area (Å²) in [6.07, 6.45) is 4.24. The number of ether oxygens (including phenoxy) is 5. The summed E-state index contributed by atoms with van der Waals surface area (Å²) in [4.78, 5) is 71.7. The van der Waals surface area contributed by atoms with Gasteiger partial charge in [-0.15, -0.1) is 0 Å². The molecule has 0 heterocycles. The van der Waals surface area contributed by atoms with Crippen LogP contribution in [0.1, 0.15) is 79.0 Å². The molecule has 4 aromatic carbocycles. The Morgan fingerprint density at radius 1 is 0.548 bits per heavy atom. The van der Waals surface area contributed by atoms with Crippen LogP contribution in [0, 0.1) is 0 Å². The van der Waals surface area contributed by atoms with Gasteiger partial charge in [0.15, 0.2) is 0 Å². The number of nitrogens with two attached hydrogens (primary N) is 1. The first kappa shape index (κ1) is 57.5. The number of alkyl carbamates (subject to hydrolysis) is 2. The van der Waals surface area contributed by atoms with E-state index in [1.165, 1.54) is 18.8 Å². The molecule has 0 saturated heterocycles. The minimum Gasteiger partial charge on any atom is -0.502 e. The van der Waals surface area contributed by atoms with Crippen molar-refractivity contribution >= 4 is 35.9 Å². The van der Waals surface area contributed by atoms with E-state index in [2.05, 4.69) is 53.1 Å². The first-order valence-corrected chi connectivity index (χ1v) is 24.0. The molecule has 0 aromatic heterocycles. The number of hydrogen-bond donors (Lipinski definition) is 7. The number of hydrogen-bond acceptors (Lipinski definition) is 12. The van der Waals surface area contributed by atoms with Crippen LogP contribution in [0.25, 0.3) is 22.3 Å². The van der Waals surface area contributed by atoms with E-state index in [1.54, 1.807) is 0 Å². The maximum atomic E-state index is 12.8. The number of rotatable bonds is 28. The van der Waals surface area contributed by atoms with Crippen molar-refractivity contribution < 1.29 is 62.7 Å². The van der Waals surface area contributed by atoms with Crippen LogP contribution in [0.3, 0.4) is 0 Å². The summed E-state index contributed by atoms with van der Waals surface area (Å²) >= 11 is 0. The molecule has 0 aliphatic heterocycles. The molecular formula is C55H67N5O13. The van der Waals surface area contributed by atoms with Crippen LogP contribution in [0.2, 0.25) is 0 Å². The van der Waals surface area contributed by atoms with Gasteiger partial charge in [0.1, 0.15) is 25.3 Å². The van der Waals surface area contributed by atoms with Crippen molar-refractivity contribution in [1.29, 1.82) is 0 Å². The Kier molecular flexibility index (Phi) is 25.2. The minimum absolute atomic E-state index is 0.0592. The van der Waals surface area contributed by atoms with Crippen molar-refractivity contribution in [2.24, 2.45) is 5.73 Å². The second-order valence-corrected chi connectivity index (χ2v) is 16.5. The van der Waals surface area contributed by atoms with Crippen molar-refractivity contribution in [2.45, 2.75) is 68.9 Å². The second-order valence-electron chi connectivity index (χ2n) is 16.5. The third kappa shape index (κ3) is 18.9. The smallest absolute Gasteiger partial charge is 0.407 e. The largest absolute Gasteiger partial charge is 0.502 e. The number of carboxylic acids is 2. The molecular weight excluding hydrogens is 939 g/mol. The molecule has 0 spiro atoms. The molecule has 390 valence electrons. The molecule has 0 fully saturated rings. The average molecular weight is 1010 g/mol. The van der Waals surface area contributed by atoms with Crippen molar-refractivity contribution in [1.82, 2.24) is 21.3 Å². The van der Waals surface area contributed by atoms with Gasteiger partial charge in [-0.3, -0.25) is 14.4 Å². The van der Waals surface area contributed by atoms with Gasteiger partial charge in [0.2, 0.25) is 11.8 Å². The zero-order valence-corrected chi connectivity index (χ0v) is 41.0. The molecule has 2 aliphatic rings. The van der Waals surface area contributed by atoms with Crippen LogP contribution in [0.4, 0.5) is 9.59 Å². The molecule has 4 amide bonds. The monoisotopic (exact) mass is 1010 g/mol. The number of carboxylic acid groups (broad SMARTS) is 2. The standard InChI is InChI=1S/C30H37N3O6.C20H19NO6.C5H11NO/c1-3-37-19-9-17-31-28(34)16-15-27(29(35)32-18-10-20-38-4-2)33-30(36)39-21-26-24-13-7-5-11-22(24)23-12-6-8-14-25(23)26;22-18(23)10-9-17(19(24)25)21-20(26)27-11-16-14-7-3-1-5-12(14)13-6-2-4-8-15(13)16;1-2-7-5-3-4-6/h3-8,11-14,26-27H,1-2,9-10,15-21H2,(H,31,34)(H,32,35)(H,33,36);1-8,16-17H,9-11H2,(H,21,26)(H,22,23)(H,24,25);2H,1,3-6H2. The van der Waals surface area contributed by atoms with Gasteiger partial charge in [-0.05, 0) is 83.2 Å². The number of amides is 4. The highest BCUT2D eigenvalue weighted by molar-refractivity contribution is 5.87. The van der Waals surface area contributed by atoms with E-state index in [9.17, 15) is 28.8 Å². The predicted octanol–water partition coefficient (Wildman–Crippen LogP) is 7.35. The summed E-state index contributed by atoms with van der Waals surface area (Å²) in [7, 11) is 0. The van der Waals surface area contributed by atoms with Gasteiger partial charge in [0.05, 0.1) is 38.6 Å². The SMILES string of the molecule is C=COCCCN.C=COCCCNC(=O)CCC(NC(=O)OCC1c2ccccc2-c2ccccc21)C(=O)NCCCOC=C.O=C(O)CCC(NC(=O)OCC1c2ccccc2-c2ccccc21)C(=O)O. The van der Waals surface area contributed by atoms with Crippen LogP contribution in [-0.4, -0.2) is 111 Å². The molecule has 18 nitrogen and oxygen atoms in total.